The van der Waals surface area contributed by atoms with E-state index in [1.54, 1.807) is 0 Å². The molecule has 0 aliphatic heterocycles. The fourth-order valence-electron chi connectivity index (χ4n) is 2.54. The number of carbonyl (C=O) groups excluding carboxylic acids is 1. The average molecular weight is 262 g/mol. The van der Waals surface area contributed by atoms with Crippen LogP contribution in [0.25, 0.3) is 0 Å². The fraction of sp³-hybridized carbons (Fsp3) is 0.533. The van der Waals surface area contributed by atoms with E-state index in [-0.39, 0.29) is 18.1 Å². The van der Waals surface area contributed by atoms with Crippen molar-refractivity contribution >= 4 is 11.6 Å². The maximum absolute atomic E-state index is 12.3. The normalized spacial score (nSPS) is 22.9. The van der Waals surface area contributed by atoms with Gasteiger partial charge in [0.25, 0.3) is 5.91 Å². The summed E-state index contributed by atoms with van der Waals surface area (Å²) in [6.45, 7) is 0. The van der Waals surface area contributed by atoms with E-state index < -0.39 is 0 Å². The number of hydrogen-bond acceptors (Lipinski definition) is 3. The summed E-state index contributed by atoms with van der Waals surface area (Å²) in [6.07, 6.45) is 3.08. The smallest absolute Gasteiger partial charge is 0.253 e. The Hall–Kier alpha value is -1.55. The third-order valence-corrected chi connectivity index (χ3v) is 3.66. The van der Waals surface area contributed by atoms with Crippen LogP contribution >= 0.6 is 0 Å². The first kappa shape index (κ1) is 13.9. The monoisotopic (exact) mass is 262 g/mol. The summed E-state index contributed by atoms with van der Waals surface area (Å²) >= 11 is 0. The molecule has 4 heteroatoms. The number of nitrogens with zero attached hydrogens (tertiary/aromatic N) is 1. The number of anilines is 1. The van der Waals surface area contributed by atoms with Crippen LogP contribution in [0, 0.1) is 0 Å². The second-order valence-electron chi connectivity index (χ2n) is 5.39. The van der Waals surface area contributed by atoms with Crippen molar-refractivity contribution in [1.29, 1.82) is 0 Å². The fourth-order valence-corrected chi connectivity index (χ4v) is 2.54. The van der Waals surface area contributed by atoms with Crippen LogP contribution in [0.5, 0.6) is 0 Å². The Morgan fingerprint density at radius 2 is 1.84 bits per heavy atom. The zero-order chi connectivity index (χ0) is 13.8. The van der Waals surface area contributed by atoms with Crippen LogP contribution in [0.2, 0.25) is 0 Å². The van der Waals surface area contributed by atoms with Gasteiger partial charge in [-0.3, -0.25) is 4.79 Å². The van der Waals surface area contributed by atoms with Crippen molar-refractivity contribution in [1.82, 2.24) is 5.32 Å². The van der Waals surface area contributed by atoms with E-state index in [0.717, 1.165) is 31.4 Å². The van der Waals surface area contributed by atoms with Gasteiger partial charge in [0, 0.05) is 25.8 Å². The second-order valence-corrected chi connectivity index (χ2v) is 5.39. The minimum absolute atomic E-state index is 0.0225. The largest absolute Gasteiger partial charge is 0.393 e. The standard InChI is InChI=1S/C15H22N2O2/c1-17(2)14-6-4-3-5-13(14)15(19)16-11-7-9-12(18)10-8-11/h3-6,11-12,18H,7-10H2,1-2H3,(H,16,19). The third kappa shape index (κ3) is 3.47. The molecule has 0 unspecified atom stereocenters. The number of rotatable bonds is 3. The molecule has 1 amide bonds. The van der Waals surface area contributed by atoms with Gasteiger partial charge in [-0.05, 0) is 37.8 Å². The number of aliphatic hydroxyl groups is 1. The van der Waals surface area contributed by atoms with Gasteiger partial charge >= 0.3 is 0 Å². The second kappa shape index (κ2) is 6.06. The summed E-state index contributed by atoms with van der Waals surface area (Å²) in [4.78, 5) is 14.3. The van der Waals surface area contributed by atoms with Crippen LogP contribution in [0.1, 0.15) is 36.0 Å². The molecule has 0 bridgehead atoms. The van der Waals surface area contributed by atoms with Gasteiger partial charge in [0.1, 0.15) is 0 Å². The zero-order valence-corrected chi connectivity index (χ0v) is 11.6. The van der Waals surface area contributed by atoms with Gasteiger partial charge in [-0.2, -0.15) is 0 Å². The molecule has 0 aromatic heterocycles. The lowest BCUT2D eigenvalue weighted by atomic mass is 9.93. The molecule has 0 radical (unpaired) electrons. The predicted octanol–water partition coefficient (Wildman–Crippen LogP) is 1.79. The molecule has 1 aromatic carbocycles. The molecule has 2 N–H and O–H groups in total. The van der Waals surface area contributed by atoms with Crippen LogP contribution in [0.15, 0.2) is 24.3 Å². The van der Waals surface area contributed by atoms with Gasteiger partial charge in [0.2, 0.25) is 0 Å². The lowest BCUT2D eigenvalue weighted by molar-refractivity contribution is 0.0868. The number of nitrogens with one attached hydrogen (secondary N) is 1. The van der Waals surface area contributed by atoms with Gasteiger partial charge in [-0.25, -0.2) is 0 Å². The van der Waals surface area contributed by atoms with E-state index in [9.17, 15) is 9.90 Å². The molecule has 0 saturated heterocycles. The highest BCUT2D eigenvalue weighted by molar-refractivity contribution is 5.99. The number of amides is 1. The number of aliphatic hydroxyl groups excluding tert-OH is 1. The van der Waals surface area contributed by atoms with E-state index in [4.69, 9.17) is 0 Å². The van der Waals surface area contributed by atoms with Crippen molar-refractivity contribution in [3.05, 3.63) is 29.8 Å². The van der Waals surface area contributed by atoms with E-state index in [2.05, 4.69) is 5.32 Å². The molecule has 1 fully saturated rings. The van der Waals surface area contributed by atoms with Crippen molar-refractivity contribution in [2.75, 3.05) is 19.0 Å². The van der Waals surface area contributed by atoms with Gasteiger partial charge < -0.3 is 15.3 Å². The van der Waals surface area contributed by atoms with Crippen LogP contribution in [0.4, 0.5) is 5.69 Å². The summed E-state index contributed by atoms with van der Waals surface area (Å²) < 4.78 is 0. The molecule has 0 spiro atoms. The van der Waals surface area contributed by atoms with Gasteiger partial charge in [-0.15, -0.1) is 0 Å². The Morgan fingerprint density at radius 1 is 1.21 bits per heavy atom. The minimum Gasteiger partial charge on any atom is -0.393 e. The highest BCUT2D eigenvalue weighted by Crippen LogP contribution is 2.21. The van der Waals surface area contributed by atoms with Crippen molar-refractivity contribution in [2.45, 2.75) is 37.8 Å². The summed E-state index contributed by atoms with van der Waals surface area (Å²) in [5.41, 5.74) is 1.63. The number of benzene rings is 1. The molecular weight excluding hydrogens is 240 g/mol. The molecule has 19 heavy (non-hydrogen) atoms. The molecule has 1 aromatic rings. The summed E-state index contributed by atoms with van der Waals surface area (Å²) in [6, 6.07) is 7.79. The quantitative estimate of drug-likeness (QED) is 0.873. The van der Waals surface area contributed by atoms with E-state index in [1.807, 2.05) is 43.3 Å². The van der Waals surface area contributed by atoms with E-state index in [1.165, 1.54) is 0 Å². The lowest BCUT2D eigenvalue weighted by Crippen LogP contribution is -2.39. The molecule has 4 nitrogen and oxygen atoms in total. The van der Waals surface area contributed by atoms with Crippen molar-refractivity contribution in [2.24, 2.45) is 0 Å². The highest BCUT2D eigenvalue weighted by Gasteiger charge is 2.22. The molecule has 1 saturated carbocycles. The minimum atomic E-state index is -0.192. The predicted molar refractivity (Wildman–Crippen MR) is 76.5 cm³/mol. The number of hydrogen-bond donors (Lipinski definition) is 2. The Balaban J connectivity index is 2.04. The Bertz CT molecular complexity index is 438. The molecule has 1 aliphatic rings. The van der Waals surface area contributed by atoms with Crippen LogP contribution in [-0.2, 0) is 0 Å². The number of para-hydroxylation sites is 1. The SMILES string of the molecule is CN(C)c1ccccc1C(=O)NC1CCC(O)CC1. The van der Waals surface area contributed by atoms with Crippen molar-refractivity contribution < 1.29 is 9.90 Å². The third-order valence-electron chi connectivity index (χ3n) is 3.66. The lowest BCUT2D eigenvalue weighted by Gasteiger charge is -2.27. The maximum Gasteiger partial charge on any atom is 0.253 e. The zero-order valence-electron chi connectivity index (χ0n) is 11.6. The van der Waals surface area contributed by atoms with Crippen LogP contribution < -0.4 is 10.2 Å². The van der Waals surface area contributed by atoms with Gasteiger partial charge in [-0.1, -0.05) is 12.1 Å². The molecule has 2 rings (SSSR count). The maximum atomic E-state index is 12.3. The molecule has 104 valence electrons. The summed E-state index contributed by atoms with van der Waals surface area (Å²) in [5, 5.41) is 12.5. The van der Waals surface area contributed by atoms with Crippen LogP contribution in [0.3, 0.4) is 0 Å². The van der Waals surface area contributed by atoms with E-state index in [0.29, 0.717) is 5.56 Å². The molecule has 0 atom stereocenters. The first-order valence-electron chi connectivity index (χ1n) is 6.83. The van der Waals surface area contributed by atoms with Crippen LogP contribution in [-0.4, -0.2) is 37.3 Å². The Morgan fingerprint density at radius 3 is 2.47 bits per heavy atom. The Labute approximate surface area is 114 Å². The van der Waals surface area contributed by atoms with Gasteiger partial charge in [0.15, 0.2) is 0 Å². The average Bonchev–Trinajstić information content (AvgIpc) is 2.41. The van der Waals surface area contributed by atoms with Gasteiger partial charge in [0.05, 0.1) is 11.7 Å². The molecule has 1 aliphatic carbocycles. The highest BCUT2D eigenvalue weighted by atomic mass is 16.3. The number of carbonyl (C=O) groups is 1. The first-order valence-corrected chi connectivity index (χ1v) is 6.83. The van der Waals surface area contributed by atoms with Crippen molar-refractivity contribution in [3.63, 3.8) is 0 Å². The summed E-state index contributed by atoms with van der Waals surface area (Å²) in [7, 11) is 3.87. The van der Waals surface area contributed by atoms with Crippen molar-refractivity contribution in [3.8, 4) is 0 Å². The molecular formula is C15H22N2O2. The summed E-state index contributed by atoms with van der Waals surface area (Å²) in [5.74, 6) is -0.0225. The Kier molecular flexibility index (Phi) is 4.43. The van der Waals surface area contributed by atoms with E-state index >= 15 is 0 Å². The topological polar surface area (TPSA) is 52.6 Å². The molecule has 0 heterocycles. The first-order chi connectivity index (χ1) is 9.08.